The summed E-state index contributed by atoms with van der Waals surface area (Å²) in [6.45, 7) is 0. The molecule has 10 aromatic rings. The van der Waals surface area contributed by atoms with Gasteiger partial charge in [-0.15, -0.1) is 0 Å². The Hall–Kier alpha value is -6.58. The molecule has 2 aromatic heterocycles. The van der Waals surface area contributed by atoms with Crippen LogP contribution in [0.15, 0.2) is 176 Å². The Kier molecular flexibility index (Phi) is 6.18. The molecule has 0 saturated heterocycles. The van der Waals surface area contributed by atoms with E-state index >= 15 is 0 Å². The average Bonchev–Trinajstić information content (AvgIpc) is 3.51. The van der Waals surface area contributed by atoms with Gasteiger partial charge in [0.2, 0.25) is 5.95 Å². The molecule has 0 atom stereocenters. The van der Waals surface area contributed by atoms with Gasteiger partial charge in [-0.05, 0) is 62.7 Å². The SMILES string of the molecule is c1ccc(-c2ccc3c(c2)c2cc(-c4ccccc4)ccc2n3-c2nc(-c3ccccc3)c3c4ccccc4c4ccccc4c3n2)cc1. The molecule has 8 aromatic carbocycles. The second-order valence-electron chi connectivity index (χ2n) is 12.6. The molecule has 0 aliphatic heterocycles. The Balaban J connectivity index is 1.34. The molecule has 228 valence electrons. The fraction of sp³-hybridized carbons (Fsp3) is 0. The lowest BCUT2D eigenvalue weighted by Crippen LogP contribution is -2.04. The van der Waals surface area contributed by atoms with Gasteiger partial charge >= 0.3 is 0 Å². The standard InChI is InChI=1S/C46H29N3/c1-4-14-30(15-5-1)33-24-26-41-39(28-33)40-29-34(31-16-6-2-7-17-31)25-27-42(40)49(41)46-47-44(32-18-8-3-9-19-32)43-37-22-12-10-20-35(37)36-21-11-13-23-38(36)45(43)48-46/h1-29H. The quantitative estimate of drug-likeness (QED) is 0.183. The third-order valence-electron chi connectivity index (χ3n) is 9.79. The van der Waals surface area contributed by atoms with Gasteiger partial charge in [0.25, 0.3) is 0 Å². The molecule has 0 bridgehead atoms. The number of aromatic nitrogens is 3. The lowest BCUT2D eigenvalue weighted by atomic mass is 9.94. The van der Waals surface area contributed by atoms with Crippen LogP contribution in [0.2, 0.25) is 0 Å². The lowest BCUT2D eigenvalue weighted by Gasteiger charge is -2.16. The molecule has 0 amide bonds. The molecule has 0 N–H and O–H groups in total. The van der Waals surface area contributed by atoms with E-state index in [2.05, 4.69) is 180 Å². The van der Waals surface area contributed by atoms with Crippen molar-refractivity contribution >= 4 is 54.3 Å². The smallest absolute Gasteiger partial charge is 0.235 e. The van der Waals surface area contributed by atoms with Crippen LogP contribution < -0.4 is 0 Å². The van der Waals surface area contributed by atoms with Crippen LogP contribution in [-0.4, -0.2) is 14.5 Å². The molecule has 3 heteroatoms. The number of hydrogen-bond donors (Lipinski definition) is 0. The first-order valence-electron chi connectivity index (χ1n) is 16.7. The summed E-state index contributed by atoms with van der Waals surface area (Å²) in [5, 5.41) is 8.08. The maximum Gasteiger partial charge on any atom is 0.235 e. The van der Waals surface area contributed by atoms with Crippen LogP contribution in [0.5, 0.6) is 0 Å². The summed E-state index contributed by atoms with van der Waals surface area (Å²) >= 11 is 0. The molecule has 10 rings (SSSR count). The van der Waals surface area contributed by atoms with Crippen molar-refractivity contribution in [2.45, 2.75) is 0 Å². The van der Waals surface area contributed by atoms with Crippen molar-refractivity contribution < 1.29 is 0 Å². The first kappa shape index (κ1) is 27.5. The minimum Gasteiger partial charge on any atom is -0.278 e. The third kappa shape index (κ3) is 4.37. The summed E-state index contributed by atoms with van der Waals surface area (Å²) in [4.78, 5) is 11.0. The van der Waals surface area contributed by atoms with Crippen LogP contribution in [0.4, 0.5) is 0 Å². The van der Waals surface area contributed by atoms with E-state index in [1.165, 1.54) is 43.8 Å². The van der Waals surface area contributed by atoms with Crippen LogP contribution in [0.3, 0.4) is 0 Å². The minimum atomic E-state index is 0.659. The Morgan fingerprint density at radius 1 is 0.327 bits per heavy atom. The van der Waals surface area contributed by atoms with Crippen molar-refractivity contribution in [1.82, 2.24) is 14.5 Å². The van der Waals surface area contributed by atoms with Crippen LogP contribution in [0.25, 0.3) is 93.7 Å². The third-order valence-corrected chi connectivity index (χ3v) is 9.79. The maximum atomic E-state index is 5.50. The van der Waals surface area contributed by atoms with Gasteiger partial charge in [0, 0.05) is 27.1 Å². The lowest BCUT2D eigenvalue weighted by molar-refractivity contribution is 1.02. The summed E-state index contributed by atoms with van der Waals surface area (Å²) in [5.41, 5.74) is 9.83. The van der Waals surface area contributed by atoms with Crippen molar-refractivity contribution in [2.75, 3.05) is 0 Å². The Morgan fingerprint density at radius 2 is 0.776 bits per heavy atom. The van der Waals surface area contributed by atoms with E-state index in [0.29, 0.717) is 5.95 Å². The number of benzene rings is 8. The molecule has 2 heterocycles. The molecule has 3 nitrogen and oxygen atoms in total. The first-order chi connectivity index (χ1) is 24.3. The van der Waals surface area contributed by atoms with E-state index in [1.54, 1.807) is 0 Å². The van der Waals surface area contributed by atoms with E-state index in [9.17, 15) is 0 Å². The summed E-state index contributed by atoms with van der Waals surface area (Å²) in [6, 6.07) is 62.5. The van der Waals surface area contributed by atoms with Gasteiger partial charge in [0.1, 0.15) is 0 Å². The van der Waals surface area contributed by atoms with Gasteiger partial charge < -0.3 is 0 Å². The fourth-order valence-corrected chi connectivity index (χ4v) is 7.52. The maximum absolute atomic E-state index is 5.50. The molecular weight excluding hydrogens is 595 g/mol. The molecule has 49 heavy (non-hydrogen) atoms. The number of hydrogen-bond acceptors (Lipinski definition) is 2. The highest BCUT2D eigenvalue weighted by Crippen LogP contribution is 2.41. The van der Waals surface area contributed by atoms with E-state index < -0.39 is 0 Å². The molecule has 0 aliphatic rings. The van der Waals surface area contributed by atoms with Crippen molar-refractivity contribution in [3.05, 3.63) is 176 Å². The van der Waals surface area contributed by atoms with Crippen molar-refractivity contribution in [1.29, 1.82) is 0 Å². The highest BCUT2D eigenvalue weighted by atomic mass is 15.2. The molecule has 0 unspecified atom stereocenters. The van der Waals surface area contributed by atoms with Gasteiger partial charge in [-0.1, -0.05) is 152 Å². The predicted molar refractivity (Wildman–Crippen MR) is 205 cm³/mol. The summed E-state index contributed by atoms with van der Waals surface area (Å²) in [5.74, 6) is 0.659. The highest BCUT2D eigenvalue weighted by Gasteiger charge is 2.21. The Bertz CT molecular complexity index is 2760. The van der Waals surface area contributed by atoms with Crippen molar-refractivity contribution in [3.63, 3.8) is 0 Å². The van der Waals surface area contributed by atoms with E-state index in [1.807, 2.05) is 0 Å². The molecule has 0 aliphatic carbocycles. The monoisotopic (exact) mass is 623 g/mol. The fourth-order valence-electron chi connectivity index (χ4n) is 7.52. The van der Waals surface area contributed by atoms with E-state index in [4.69, 9.17) is 9.97 Å². The summed E-state index contributed by atoms with van der Waals surface area (Å²) < 4.78 is 2.25. The van der Waals surface area contributed by atoms with Crippen LogP contribution in [0.1, 0.15) is 0 Å². The summed E-state index contributed by atoms with van der Waals surface area (Å²) in [7, 11) is 0. The normalized spacial score (nSPS) is 11.7. The zero-order chi connectivity index (χ0) is 32.3. The first-order valence-corrected chi connectivity index (χ1v) is 16.7. The molecular formula is C46H29N3. The van der Waals surface area contributed by atoms with Gasteiger partial charge in [0.05, 0.1) is 22.2 Å². The molecule has 0 saturated carbocycles. The largest absolute Gasteiger partial charge is 0.278 e. The van der Waals surface area contributed by atoms with Gasteiger partial charge in [0.15, 0.2) is 0 Å². The number of nitrogens with zero attached hydrogens (tertiary/aromatic N) is 3. The summed E-state index contributed by atoms with van der Waals surface area (Å²) in [6.07, 6.45) is 0. The molecule has 0 fully saturated rings. The van der Waals surface area contributed by atoms with Crippen LogP contribution in [0, 0.1) is 0 Å². The van der Waals surface area contributed by atoms with Crippen LogP contribution >= 0.6 is 0 Å². The zero-order valence-corrected chi connectivity index (χ0v) is 26.6. The topological polar surface area (TPSA) is 30.7 Å². The van der Waals surface area contributed by atoms with E-state index in [0.717, 1.165) is 44.0 Å². The second-order valence-corrected chi connectivity index (χ2v) is 12.6. The van der Waals surface area contributed by atoms with Gasteiger partial charge in [-0.3, -0.25) is 4.57 Å². The average molecular weight is 624 g/mol. The highest BCUT2D eigenvalue weighted by molar-refractivity contribution is 6.27. The Labute approximate surface area is 283 Å². The van der Waals surface area contributed by atoms with Crippen LogP contribution in [-0.2, 0) is 0 Å². The van der Waals surface area contributed by atoms with Gasteiger partial charge in [-0.2, -0.15) is 0 Å². The van der Waals surface area contributed by atoms with E-state index in [-0.39, 0.29) is 0 Å². The molecule has 0 spiro atoms. The van der Waals surface area contributed by atoms with Crippen molar-refractivity contribution in [3.8, 4) is 39.5 Å². The predicted octanol–water partition coefficient (Wildman–Crippen LogP) is 12.0. The minimum absolute atomic E-state index is 0.659. The van der Waals surface area contributed by atoms with Gasteiger partial charge in [-0.25, -0.2) is 9.97 Å². The Morgan fingerprint density at radius 3 is 1.33 bits per heavy atom. The number of rotatable bonds is 4. The van der Waals surface area contributed by atoms with Crippen molar-refractivity contribution in [2.24, 2.45) is 0 Å². The second kappa shape index (κ2) is 11.0. The zero-order valence-electron chi connectivity index (χ0n) is 26.6. The number of fused-ring (bicyclic) bond motifs is 9. The molecule has 0 radical (unpaired) electrons.